The molecule has 11 atom stereocenters. The summed E-state index contributed by atoms with van der Waals surface area (Å²) in [6.45, 7) is 23.5. The summed E-state index contributed by atoms with van der Waals surface area (Å²) >= 11 is 0. The number of benzene rings is 4. The number of carbonyl (C=O) groups excluding carboxylic acids is 7. The molecule has 6 amide bonds. The molecule has 0 spiro atoms. The quantitative estimate of drug-likeness (QED) is 0.00773. The molecule has 7 rings (SSSR count). The van der Waals surface area contributed by atoms with E-state index in [1.807, 2.05) is 26.2 Å². The number of likely N-dealkylation sites (N-methyl/N-ethyl adjacent to an activating group) is 1. The van der Waals surface area contributed by atoms with Crippen molar-refractivity contribution in [1.29, 1.82) is 0 Å². The van der Waals surface area contributed by atoms with Crippen LogP contribution >= 0.6 is 0 Å². The first-order valence-electron chi connectivity index (χ1n) is 42.0. The number of ketones is 1. The number of aromatic nitrogens is 1. The number of hydrogen-bond acceptors (Lipinski definition) is 29. The fraction of sp³-hybridized carbons (Fsp3) is 0.591. The van der Waals surface area contributed by atoms with Crippen LogP contribution in [0.25, 0.3) is 38.7 Å². The Kier molecular flexibility index (Phi) is 41.1. The molecule has 4 aromatic carbocycles. The number of rotatable bonds is 48. The highest BCUT2D eigenvalue weighted by molar-refractivity contribution is 6.17. The van der Waals surface area contributed by atoms with Crippen LogP contribution in [0.1, 0.15) is 106 Å². The summed E-state index contributed by atoms with van der Waals surface area (Å²) in [6.07, 6.45) is 3.71. The lowest BCUT2D eigenvalue weighted by Crippen LogP contribution is -2.46. The number of aliphatic hydroxyl groups is 3. The molecule has 5 aromatic rings. The highest BCUT2D eigenvalue weighted by Gasteiger charge is 2.45. The van der Waals surface area contributed by atoms with Gasteiger partial charge in [0, 0.05) is 129 Å². The number of amides is 6. The summed E-state index contributed by atoms with van der Waals surface area (Å²) in [7, 11) is 5.35. The van der Waals surface area contributed by atoms with Gasteiger partial charge in [-0.3, -0.25) is 38.4 Å². The molecule has 0 saturated heterocycles. The maximum atomic E-state index is 15.2. The first kappa shape index (κ1) is 101. The van der Waals surface area contributed by atoms with E-state index in [0.717, 1.165) is 5.56 Å². The minimum Gasteiger partial charge on any atom is -0.507 e. The molecule has 0 radical (unpaired) electrons. The van der Waals surface area contributed by atoms with Crippen LogP contribution in [0.4, 0.5) is 16.2 Å². The van der Waals surface area contributed by atoms with E-state index in [9.17, 15) is 58.8 Å². The van der Waals surface area contributed by atoms with Gasteiger partial charge in [0.1, 0.15) is 54.3 Å². The number of Topliss-reactive ketones (excluding diaryl/α,β-unsaturated/α-hetero) is 1. The van der Waals surface area contributed by atoms with Crippen molar-refractivity contribution in [3.05, 3.63) is 109 Å². The average molecular weight is 1740 g/mol. The number of hydrogen-bond donors (Lipinski definition) is 11. The van der Waals surface area contributed by atoms with E-state index in [1.165, 1.54) is 71.4 Å². The van der Waals surface area contributed by atoms with Crippen LogP contribution in [-0.4, -0.2) is 267 Å². The van der Waals surface area contributed by atoms with Crippen molar-refractivity contribution in [3.63, 3.8) is 0 Å². The van der Waals surface area contributed by atoms with Gasteiger partial charge in [-0.15, -0.1) is 0 Å². The number of primary amides is 1. The van der Waals surface area contributed by atoms with Crippen molar-refractivity contribution in [2.75, 3.05) is 170 Å². The number of aromatic hydroxyl groups is 1. The molecule has 1 aromatic heterocycles. The molecular weight excluding hydrogens is 1620 g/mol. The summed E-state index contributed by atoms with van der Waals surface area (Å²) in [6, 6.07) is 8.14. The lowest BCUT2D eigenvalue weighted by molar-refractivity contribution is -0.903. The van der Waals surface area contributed by atoms with Crippen LogP contribution in [0.15, 0.2) is 86.5 Å². The number of nitrogens with two attached hydrogens (primary N) is 2. The molecule has 686 valence electrons. The van der Waals surface area contributed by atoms with Gasteiger partial charge in [0.15, 0.2) is 28.2 Å². The zero-order valence-electron chi connectivity index (χ0n) is 73.5. The maximum absolute atomic E-state index is 15.2. The summed E-state index contributed by atoms with van der Waals surface area (Å²) in [5.41, 5.74) is 8.89. The van der Waals surface area contributed by atoms with Crippen molar-refractivity contribution in [1.82, 2.24) is 20.9 Å². The first-order chi connectivity index (χ1) is 59.1. The van der Waals surface area contributed by atoms with Gasteiger partial charge in [-0.2, -0.15) is 0 Å². The number of anilines is 2. The molecule has 124 heavy (non-hydrogen) atoms. The Labute approximate surface area is 721 Å². The molecule has 0 unspecified atom stereocenters. The van der Waals surface area contributed by atoms with E-state index < -0.39 is 129 Å². The van der Waals surface area contributed by atoms with Crippen LogP contribution in [0, 0.1) is 42.4 Å². The topological polar surface area (TPSA) is 493 Å². The number of ether oxygens (including phenoxy) is 13. The number of phenolic OH excluding ortho intramolecular Hbond substituents is 1. The monoisotopic (exact) mass is 1740 g/mol. The minimum absolute atomic E-state index is 0.0100. The molecular formula is C88H128N9O27+. The van der Waals surface area contributed by atoms with E-state index in [4.69, 9.17) is 82.4 Å². The van der Waals surface area contributed by atoms with Gasteiger partial charge in [0.2, 0.25) is 28.6 Å². The molecule has 2 aliphatic heterocycles. The van der Waals surface area contributed by atoms with Gasteiger partial charge < -0.3 is 129 Å². The van der Waals surface area contributed by atoms with Gasteiger partial charge in [-0.25, -0.2) is 9.78 Å². The number of urea groups is 1. The van der Waals surface area contributed by atoms with Gasteiger partial charge in [0.05, 0.1) is 161 Å². The second kappa shape index (κ2) is 50.4. The third kappa shape index (κ3) is 30.2. The highest BCUT2D eigenvalue weighted by atomic mass is 16.7. The van der Waals surface area contributed by atoms with E-state index >= 15 is 4.79 Å². The average Bonchev–Trinajstić information content (AvgIpc) is 1.39. The lowest BCUT2D eigenvalue weighted by Gasteiger charge is -2.38. The number of methoxy groups -OCH3 is 1. The molecule has 36 heteroatoms. The molecule has 4 bridgehead atoms. The van der Waals surface area contributed by atoms with Gasteiger partial charge in [-0.1, -0.05) is 71.9 Å². The molecule has 2 aliphatic rings. The van der Waals surface area contributed by atoms with Crippen LogP contribution in [0.5, 0.6) is 17.2 Å². The van der Waals surface area contributed by atoms with Crippen molar-refractivity contribution in [2.45, 2.75) is 144 Å². The molecule has 0 fully saturated rings. The Morgan fingerprint density at radius 3 is 1.89 bits per heavy atom. The smallest absolute Gasteiger partial charge is 0.312 e. The molecule has 0 saturated carbocycles. The van der Waals surface area contributed by atoms with E-state index in [1.54, 1.807) is 59.8 Å². The number of esters is 1. The molecule has 36 nitrogen and oxygen atoms in total. The number of nitrogens with zero attached hydrogens (tertiary/aromatic N) is 2. The van der Waals surface area contributed by atoms with Gasteiger partial charge in [-0.05, 0) is 50.8 Å². The lowest BCUT2D eigenvalue weighted by atomic mass is 9.78. The number of carbonyl (C=O) groups is 7. The molecule has 0 aliphatic carbocycles. The van der Waals surface area contributed by atoms with E-state index in [2.05, 4.69) is 26.6 Å². The number of fused-ring (bicyclic) bond motifs is 2. The number of aliphatic hydroxyl groups excluding tert-OH is 3. The minimum atomic E-state index is -2.07. The summed E-state index contributed by atoms with van der Waals surface area (Å²) in [5.74, 6) is -10.0. The van der Waals surface area contributed by atoms with Crippen molar-refractivity contribution in [3.8, 4) is 17.2 Å². The van der Waals surface area contributed by atoms with E-state index in [0.29, 0.717) is 135 Å². The summed E-state index contributed by atoms with van der Waals surface area (Å²) < 4.78 is 81.4. The zero-order valence-corrected chi connectivity index (χ0v) is 73.5. The standard InChI is InChI=1S/C88H127N9O27/c1-52(2)73(94-69(102)25-30-112-34-36-114-38-40-116-42-44-118-46-47-119-45-43-117-41-39-115-37-35-113-32-28-91-68(101)23-26-89)64(99)48-61(18-15-27-92-87(90)110)86(109)93-62-21-19-60(20-22-62)51-97(11,12)29-33-120-63-49-65(100)74-67(50-63)123-83-75(95-74)70-71-79(105)58(8)82-72(70)84(107)88(10,124-82)121-31-24-66(111-13)55(5)81(122-59(9)98)57(7)78(104)56(6)77(103)53(3)16-14-17-54(4)85(108)96-76(83)80(71)106/h14,16-17,19-22,24,31,49-50,52-53,55-57,61,66,73,77-78,81,103-104H,15,18,23,25-30,32-48,51,89H2,1-13H3,(H8-,90,91,92,93,94,95,96,100,101,102,105,106,107,108,109,110)/p+1/b16-14+,31-24+,54-17-/t53-,55+,56+,57+,61+,66-,73-,77-,78+,81+,88-/m0/s1. The fourth-order valence-corrected chi connectivity index (χ4v) is 14.3. The second-order valence-corrected chi connectivity index (χ2v) is 32.0. The SMILES string of the molecule is CO[C@H]1/C=C/O[C@@]2(C)Oc3c(C)c(O)c4c(=O)c(c5oc6cc(OCC[N+](C)(C)Cc7ccc(NC(=O)[C@H](CCCNC(N)=O)CC(=O)[C@@H](NC(=O)CCOCCOCCOCCOCCOCCOCCOCCOCCNC(=O)CCN)C(C)C)cc7)cc(=O)c6nc5c4c3=C2O)NC(=O)/C(C)=C\C=C\[C@H](C)[C@H](O)[C@@H](C)[C@@H](O)[C@@H](C)[C@H](OC(C)=O)[C@@H]1C. The summed E-state index contributed by atoms with van der Waals surface area (Å²) in [5, 5.41) is 60.7. The Hall–Kier alpha value is -9.80. The van der Waals surface area contributed by atoms with E-state index in [-0.39, 0.29) is 125 Å². The zero-order chi connectivity index (χ0) is 90.8. The predicted octanol–water partition coefficient (Wildman–Crippen LogP) is 5.31. The van der Waals surface area contributed by atoms with Crippen molar-refractivity contribution < 1.29 is 124 Å². The Bertz CT molecular complexity index is 4650. The molecule has 13 N–H and O–H groups in total. The third-order valence-electron chi connectivity index (χ3n) is 21.4. The molecule has 3 heterocycles. The number of nitrogens with one attached hydrogen (secondary N) is 5. The largest absolute Gasteiger partial charge is 0.507 e. The van der Waals surface area contributed by atoms with Crippen LogP contribution < -0.4 is 63.6 Å². The summed E-state index contributed by atoms with van der Waals surface area (Å²) in [4.78, 5) is 125. The van der Waals surface area contributed by atoms with Gasteiger partial charge >= 0.3 is 17.8 Å². The normalized spacial score (nSPS) is 21.0. The first-order valence-corrected chi connectivity index (χ1v) is 42.0. The van der Waals surface area contributed by atoms with Crippen LogP contribution in [0.2, 0.25) is 0 Å². The van der Waals surface area contributed by atoms with Crippen molar-refractivity contribution in [2.24, 2.45) is 47.0 Å². The fourth-order valence-electron chi connectivity index (χ4n) is 14.3. The number of quaternary nitrogens is 1. The predicted molar refractivity (Wildman–Crippen MR) is 461 cm³/mol. The number of phenols is 1. The Morgan fingerprint density at radius 2 is 1.31 bits per heavy atom. The Morgan fingerprint density at radius 1 is 0.718 bits per heavy atom. The third-order valence-corrected chi connectivity index (χ3v) is 21.4. The maximum Gasteiger partial charge on any atom is 0.312 e. The second-order valence-electron chi connectivity index (χ2n) is 32.0. The van der Waals surface area contributed by atoms with Crippen LogP contribution in [0.3, 0.4) is 0 Å². The number of allylic oxidation sites excluding steroid dienone is 2. The Balaban J connectivity index is 0.926. The van der Waals surface area contributed by atoms with Crippen molar-refractivity contribution >= 4 is 91.5 Å². The highest BCUT2D eigenvalue weighted by Crippen LogP contribution is 2.43. The van der Waals surface area contributed by atoms with Crippen LogP contribution in [-0.2, 0) is 87.4 Å². The van der Waals surface area contributed by atoms with Gasteiger partial charge in [0.25, 0.3) is 5.91 Å².